The Kier molecular flexibility index (Phi) is 4.85. The topological polar surface area (TPSA) is 83.5 Å². The highest BCUT2D eigenvalue weighted by molar-refractivity contribution is 7.86. The van der Waals surface area contributed by atoms with Gasteiger partial charge in [0.2, 0.25) is 9.17 Å². The number of alkyl halides is 3. The molecule has 18 heavy (non-hydrogen) atoms. The highest BCUT2D eigenvalue weighted by atomic mass is 35.6. The maximum atomic E-state index is 11.7. The number of benzene rings is 1. The van der Waals surface area contributed by atoms with Gasteiger partial charge in [0.25, 0.3) is 16.0 Å². The molecule has 1 aromatic carbocycles. The number of rotatable bonds is 3. The summed E-state index contributed by atoms with van der Waals surface area (Å²) in [7, 11) is -4.75. The largest absolute Gasteiger partial charge is 0.330 e. The van der Waals surface area contributed by atoms with E-state index < -0.39 is 25.2 Å². The van der Waals surface area contributed by atoms with Crippen LogP contribution in [0.5, 0.6) is 0 Å². The van der Waals surface area contributed by atoms with E-state index in [9.17, 15) is 13.2 Å². The minimum atomic E-state index is -4.75. The monoisotopic (exact) mass is 331 g/mol. The van der Waals surface area contributed by atoms with Crippen LogP contribution in [-0.2, 0) is 10.1 Å². The first-order valence-electron chi connectivity index (χ1n) is 4.51. The molecule has 100 valence electrons. The van der Waals surface area contributed by atoms with E-state index in [4.69, 9.17) is 39.4 Å². The molecule has 1 rings (SSSR count). The molecule has 0 saturated heterocycles. The molecule has 0 bridgehead atoms. The van der Waals surface area contributed by atoms with E-state index >= 15 is 0 Å². The van der Waals surface area contributed by atoms with Crippen LogP contribution in [0, 0.1) is 0 Å². The summed E-state index contributed by atoms with van der Waals surface area (Å²) in [5.41, 5.74) is 0.167. The summed E-state index contributed by atoms with van der Waals surface area (Å²) in [5.74, 6) is -0.787. The molecule has 9 heteroatoms. The van der Waals surface area contributed by atoms with Crippen LogP contribution in [-0.4, -0.2) is 28.0 Å². The maximum absolute atomic E-state index is 11.7. The van der Waals surface area contributed by atoms with Crippen molar-refractivity contribution in [3.8, 4) is 0 Å². The molecule has 0 saturated carbocycles. The SMILES string of the molecule is O=C(NC(C(Cl)(Cl)Cl)S(=O)(=O)O)c1ccccc1. The van der Waals surface area contributed by atoms with Crippen molar-refractivity contribution in [2.75, 3.05) is 0 Å². The van der Waals surface area contributed by atoms with Crippen molar-refractivity contribution in [3.05, 3.63) is 35.9 Å². The smallest absolute Gasteiger partial charge is 0.290 e. The van der Waals surface area contributed by atoms with E-state index in [1.807, 2.05) is 5.32 Å². The van der Waals surface area contributed by atoms with Gasteiger partial charge in [-0.3, -0.25) is 9.35 Å². The molecule has 0 spiro atoms. The number of carbonyl (C=O) groups is 1. The lowest BCUT2D eigenvalue weighted by molar-refractivity contribution is 0.0946. The molecule has 0 aliphatic heterocycles. The zero-order chi connectivity index (χ0) is 14.0. The molecule has 1 atom stereocenters. The highest BCUT2D eigenvalue weighted by Crippen LogP contribution is 2.32. The molecule has 1 amide bonds. The molecule has 0 aliphatic carbocycles. The van der Waals surface area contributed by atoms with Crippen LogP contribution in [0.2, 0.25) is 0 Å². The van der Waals surface area contributed by atoms with Crippen LogP contribution in [0.4, 0.5) is 0 Å². The van der Waals surface area contributed by atoms with Crippen molar-refractivity contribution >= 4 is 50.8 Å². The van der Waals surface area contributed by atoms with Gasteiger partial charge >= 0.3 is 0 Å². The molecular weight excluding hydrogens is 325 g/mol. The summed E-state index contributed by atoms with van der Waals surface area (Å²) in [6.07, 6.45) is 0. The van der Waals surface area contributed by atoms with Crippen LogP contribution in [0.3, 0.4) is 0 Å². The van der Waals surface area contributed by atoms with Crippen molar-refractivity contribution in [2.45, 2.75) is 9.17 Å². The fourth-order valence-electron chi connectivity index (χ4n) is 1.12. The van der Waals surface area contributed by atoms with Gasteiger partial charge in [-0.05, 0) is 12.1 Å². The predicted molar refractivity (Wildman–Crippen MR) is 69.5 cm³/mol. The van der Waals surface area contributed by atoms with Crippen molar-refractivity contribution in [2.24, 2.45) is 0 Å². The second kappa shape index (κ2) is 5.63. The van der Waals surface area contributed by atoms with Gasteiger partial charge in [0, 0.05) is 5.56 Å². The van der Waals surface area contributed by atoms with Gasteiger partial charge in [-0.15, -0.1) is 0 Å². The first-order valence-corrected chi connectivity index (χ1v) is 7.15. The van der Waals surface area contributed by atoms with Crippen LogP contribution in [0.1, 0.15) is 10.4 Å². The zero-order valence-electron chi connectivity index (χ0n) is 8.68. The lowest BCUT2D eigenvalue weighted by atomic mass is 10.2. The highest BCUT2D eigenvalue weighted by Gasteiger charge is 2.43. The Morgan fingerprint density at radius 2 is 1.72 bits per heavy atom. The Morgan fingerprint density at radius 3 is 2.11 bits per heavy atom. The van der Waals surface area contributed by atoms with E-state index in [1.165, 1.54) is 12.1 Å². The normalized spacial score (nSPS) is 14.0. The molecule has 2 N–H and O–H groups in total. The van der Waals surface area contributed by atoms with E-state index in [0.717, 1.165) is 0 Å². The zero-order valence-corrected chi connectivity index (χ0v) is 11.8. The number of halogens is 3. The number of carbonyl (C=O) groups excluding carboxylic acids is 1. The molecule has 0 heterocycles. The number of amides is 1. The van der Waals surface area contributed by atoms with Gasteiger partial charge < -0.3 is 5.32 Å². The first kappa shape index (κ1) is 15.5. The van der Waals surface area contributed by atoms with Gasteiger partial charge in [-0.2, -0.15) is 8.42 Å². The summed E-state index contributed by atoms with van der Waals surface area (Å²) in [5, 5.41) is -0.113. The first-order chi connectivity index (χ1) is 8.12. The van der Waals surface area contributed by atoms with Gasteiger partial charge in [0.1, 0.15) is 0 Å². The average molecular weight is 333 g/mol. The van der Waals surface area contributed by atoms with Gasteiger partial charge in [0.15, 0.2) is 0 Å². The second-order valence-electron chi connectivity index (χ2n) is 3.28. The van der Waals surface area contributed by atoms with Crippen LogP contribution in [0.25, 0.3) is 0 Å². The molecule has 0 fully saturated rings. The summed E-state index contributed by atoms with van der Waals surface area (Å²) < 4.78 is 28.6. The molecule has 1 aromatic rings. The summed E-state index contributed by atoms with van der Waals surface area (Å²) in [4.78, 5) is 11.7. The molecule has 0 aliphatic rings. The fraction of sp³-hybridized carbons (Fsp3) is 0.222. The summed E-state index contributed by atoms with van der Waals surface area (Å²) in [6, 6.07) is 7.70. The van der Waals surface area contributed by atoms with E-state index in [-0.39, 0.29) is 5.56 Å². The predicted octanol–water partition coefficient (Wildman–Crippen LogP) is 2.00. The van der Waals surface area contributed by atoms with Gasteiger partial charge in [-0.25, -0.2) is 0 Å². The minimum Gasteiger partial charge on any atom is -0.330 e. The van der Waals surface area contributed by atoms with E-state index in [2.05, 4.69) is 0 Å². The van der Waals surface area contributed by atoms with Crippen molar-refractivity contribution in [3.63, 3.8) is 0 Å². The molecule has 5 nitrogen and oxygen atoms in total. The molecule has 0 aromatic heterocycles. The lowest BCUT2D eigenvalue weighted by Gasteiger charge is -2.22. The Labute approximate surface area is 119 Å². The number of hydrogen-bond donors (Lipinski definition) is 2. The van der Waals surface area contributed by atoms with Gasteiger partial charge in [-0.1, -0.05) is 53.0 Å². The van der Waals surface area contributed by atoms with Crippen LogP contribution < -0.4 is 5.32 Å². The minimum absolute atomic E-state index is 0.167. The molecule has 0 radical (unpaired) electrons. The number of nitrogens with one attached hydrogen (secondary N) is 1. The third-order valence-corrected chi connectivity index (χ3v) is 4.00. The van der Waals surface area contributed by atoms with Crippen LogP contribution in [0.15, 0.2) is 30.3 Å². The van der Waals surface area contributed by atoms with Crippen molar-refractivity contribution in [1.82, 2.24) is 5.32 Å². The Morgan fingerprint density at radius 1 is 1.22 bits per heavy atom. The quantitative estimate of drug-likeness (QED) is 0.655. The van der Waals surface area contributed by atoms with E-state index in [0.29, 0.717) is 0 Å². The van der Waals surface area contributed by atoms with Crippen molar-refractivity contribution in [1.29, 1.82) is 0 Å². The fourth-order valence-corrected chi connectivity index (χ4v) is 2.89. The lowest BCUT2D eigenvalue weighted by Crippen LogP contribution is -2.48. The number of hydrogen-bond acceptors (Lipinski definition) is 3. The second-order valence-corrected chi connectivity index (χ2v) is 7.15. The Hall–Kier alpha value is -0.530. The third kappa shape index (κ3) is 4.29. The summed E-state index contributed by atoms with van der Waals surface area (Å²) in [6.45, 7) is 0. The Balaban J connectivity index is 2.97. The standard InChI is InChI=1S/C9H8Cl3NO4S/c10-9(11,12)8(18(15,16)17)13-7(14)6-4-2-1-3-5-6/h1-5,8H,(H,13,14)(H,15,16,17). The third-order valence-electron chi connectivity index (χ3n) is 1.89. The summed E-state index contributed by atoms with van der Waals surface area (Å²) >= 11 is 16.2. The molecule has 1 unspecified atom stereocenters. The van der Waals surface area contributed by atoms with E-state index in [1.54, 1.807) is 18.2 Å². The maximum Gasteiger partial charge on any atom is 0.290 e. The average Bonchev–Trinajstić information content (AvgIpc) is 2.23. The van der Waals surface area contributed by atoms with Crippen LogP contribution >= 0.6 is 34.8 Å². The molecular formula is C9H8Cl3NO4S. The Bertz CT molecular complexity index is 526. The van der Waals surface area contributed by atoms with Crippen molar-refractivity contribution < 1.29 is 17.8 Å². The van der Waals surface area contributed by atoms with Gasteiger partial charge in [0.05, 0.1) is 0 Å².